The van der Waals surface area contributed by atoms with Gasteiger partial charge < -0.3 is 24.6 Å². The average Bonchev–Trinajstić information content (AvgIpc) is 3.00. The van der Waals surface area contributed by atoms with Gasteiger partial charge in [-0.15, -0.1) is 0 Å². The Hall–Kier alpha value is -1.83. The number of nitrogens with zero attached hydrogens (tertiary/aromatic N) is 2. The molecule has 0 aromatic rings. The lowest BCUT2D eigenvalue weighted by atomic mass is 10.2. The molecule has 0 aliphatic carbocycles. The zero-order valence-corrected chi connectivity index (χ0v) is 14.7. The molecule has 0 aromatic carbocycles. The fraction of sp³-hybridized carbons (Fsp3) is 0.824. The third kappa shape index (κ3) is 6.19. The first-order valence-electron chi connectivity index (χ1n) is 8.41. The van der Waals surface area contributed by atoms with E-state index >= 15 is 0 Å². The lowest BCUT2D eigenvalue weighted by Gasteiger charge is -2.32. The average molecular weight is 357 g/mol. The van der Waals surface area contributed by atoms with E-state index in [-0.39, 0.29) is 25.8 Å². The van der Waals surface area contributed by atoms with E-state index in [1.165, 1.54) is 0 Å². The Morgan fingerprint density at radius 2 is 1.80 bits per heavy atom. The second-order valence-electron chi connectivity index (χ2n) is 7.04. The molecule has 0 radical (unpaired) electrons. The van der Waals surface area contributed by atoms with Gasteiger partial charge >= 0.3 is 6.09 Å². The van der Waals surface area contributed by atoms with Crippen molar-refractivity contribution in [2.75, 3.05) is 39.4 Å². The van der Waals surface area contributed by atoms with E-state index < -0.39 is 17.7 Å². The summed E-state index contributed by atoms with van der Waals surface area (Å²) in [7, 11) is 0. The Morgan fingerprint density at radius 1 is 1.16 bits per heavy atom. The molecule has 0 spiro atoms. The molecule has 1 N–H and O–H groups in total. The number of carbonyl (C=O) groups excluding carboxylic acids is 3. The SMILES string of the molecule is C.CC(C)(C)OC(=O)NCC(=O)N1CCC[C@H]1C(=O)N1CCOCC1. The Balaban J connectivity index is 0.00000312. The van der Waals surface area contributed by atoms with E-state index in [9.17, 15) is 14.4 Å². The van der Waals surface area contributed by atoms with Gasteiger partial charge in [0.2, 0.25) is 11.8 Å². The number of hydrogen-bond acceptors (Lipinski definition) is 5. The van der Waals surface area contributed by atoms with E-state index in [1.54, 1.807) is 30.6 Å². The van der Waals surface area contributed by atoms with Crippen LogP contribution >= 0.6 is 0 Å². The standard InChI is InChI=1S/C16H27N3O5.CH4/c1-16(2,3)24-15(22)17-11-13(20)19-6-4-5-12(19)14(21)18-7-9-23-10-8-18;/h12H,4-11H2,1-3H3,(H,17,22);1H4/t12-;/m0./s1. The van der Waals surface area contributed by atoms with E-state index in [0.29, 0.717) is 39.3 Å². The number of hydrogen-bond donors (Lipinski definition) is 1. The van der Waals surface area contributed by atoms with E-state index in [0.717, 1.165) is 6.42 Å². The molecular formula is C17H31N3O5. The first-order valence-corrected chi connectivity index (χ1v) is 8.41. The van der Waals surface area contributed by atoms with Crippen LogP contribution in [0.15, 0.2) is 0 Å². The molecule has 2 aliphatic heterocycles. The van der Waals surface area contributed by atoms with Crippen molar-refractivity contribution < 1.29 is 23.9 Å². The smallest absolute Gasteiger partial charge is 0.408 e. The molecule has 1 atom stereocenters. The minimum atomic E-state index is -0.633. The maximum atomic E-state index is 12.6. The summed E-state index contributed by atoms with van der Waals surface area (Å²) in [6, 6.07) is -0.434. The van der Waals surface area contributed by atoms with E-state index in [4.69, 9.17) is 9.47 Å². The molecule has 2 rings (SSSR count). The Kier molecular flexibility index (Phi) is 7.66. The Bertz CT molecular complexity index is 483. The number of nitrogens with one attached hydrogen (secondary N) is 1. The van der Waals surface area contributed by atoms with Gasteiger partial charge in [0, 0.05) is 19.6 Å². The summed E-state index contributed by atoms with van der Waals surface area (Å²) in [5.74, 6) is -0.286. The monoisotopic (exact) mass is 357 g/mol. The summed E-state index contributed by atoms with van der Waals surface area (Å²) < 4.78 is 10.4. The van der Waals surface area contributed by atoms with E-state index in [1.807, 2.05) is 0 Å². The van der Waals surface area contributed by atoms with Crippen LogP contribution < -0.4 is 5.32 Å². The van der Waals surface area contributed by atoms with E-state index in [2.05, 4.69) is 5.32 Å². The van der Waals surface area contributed by atoms with Crippen LogP contribution in [0.1, 0.15) is 41.0 Å². The minimum Gasteiger partial charge on any atom is -0.444 e. The second-order valence-corrected chi connectivity index (χ2v) is 7.04. The fourth-order valence-electron chi connectivity index (χ4n) is 2.88. The number of amides is 3. The highest BCUT2D eigenvalue weighted by Crippen LogP contribution is 2.20. The molecule has 2 saturated heterocycles. The largest absolute Gasteiger partial charge is 0.444 e. The number of carbonyl (C=O) groups is 3. The highest BCUT2D eigenvalue weighted by molar-refractivity contribution is 5.90. The van der Waals surface area contributed by atoms with Crippen LogP contribution in [-0.2, 0) is 19.1 Å². The minimum absolute atomic E-state index is 0. The van der Waals surface area contributed by atoms with Crippen molar-refractivity contribution in [3.05, 3.63) is 0 Å². The third-order valence-corrected chi connectivity index (χ3v) is 3.96. The lowest BCUT2D eigenvalue weighted by Crippen LogP contribution is -2.52. The van der Waals surface area contributed by atoms with Gasteiger partial charge in [0.05, 0.1) is 13.2 Å². The molecule has 144 valence electrons. The Labute approximate surface area is 149 Å². The van der Waals surface area contributed by atoms with Crippen LogP contribution in [0.5, 0.6) is 0 Å². The van der Waals surface area contributed by atoms with Gasteiger partial charge in [0.1, 0.15) is 18.2 Å². The summed E-state index contributed by atoms with van der Waals surface area (Å²) in [6.07, 6.45) is 0.818. The van der Waals surface area contributed by atoms with Crippen molar-refractivity contribution in [1.29, 1.82) is 0 Å². The summed E-state index contributed by atoms with van der Waals surface area (Å²) in [6.45, 7) is 7.83. The second kappa shape index (κ2) is 9.03. The van der Waals surface area contributed by atoms with Gasteiger partial charge in [-0.1, -0.05) is 7.43 Å². The molecule has 8 nitrogen and oxygen atoms in total. The molecule has 2 fully saturated rings. The molecular weight excluding hydrogens is 326 g/mol. The quantitative estimate of drug-likeness (QED) is 0.814. The molecule has 2 heterocycles. The maximum Gasteiger partial charge on any atom is 0.408 e. The molecule has 8 heteroatoms. The first kappa shape index (κ1) is 21.2. The van der Waals surface area contributed by atoms with Crippen LogP contribution in [0.3, 0.4) is 0 Å². The highest BCUT2D eigenvalue weighted by atomic mass is 16.6. The zero-order valence-electron chi connectivity index (χ0n) is 14.7. The van der Waals surface area contributed by atoms with Crippen molar-refractivity contribution in [1.82, 2.24) is 15.1 Å². The van der Waals surface area contributed by atoms with Gasteiger partial charge in [-0.3, -0.25) is 9.59 Å². The Morgan fingerprint density at radius 3 is 2.40 bits per heavy atom. The molecule has 2 aliphatic rings. The number of rotatable bonds is 3. The van der Waals surface area contributed by atoms with Gasteiger partial charge in [0.25, 0.3) is 0 Å². The molecule has 25 heavy (non-hydrogen) atoms. The van der Waals surface area contributed by atoms with Crippen LogP contribution in [-0.4, -0.2) is 78.7 Å². The zero-order chi connectivity index (χ0) is 17.7. The van der Waals surface area contributed by atoms with Crippen molar-refractivity contribution in [3.63, 3.8) is 0 Å². The molecule has 0 bridgehead atoms. The van der Waals surface area contributed by atoms with Gasteiger partial charge in [-0.2, -0.15) is 0 Å². The van der Waals surface area contributed by atoms with Gasteiger partial charge in [-0.05, 0) is 33.6 Å². The van der Waals surface area contributed by atoms with Crippen LogP contribution in [0, 0.1) is 0 Å². The van der Waals surface area contributed by atoms with Crippen molar-refractivity contribution >= 4 is 17.9 Å². The van der Waals surface area contributed by atoms with Crippen molar-refractivity contribution in [3.8, 4) is 0 Å². The maximum absolute atomic E-state index is 12.6. The first-order chi connectivity index (χ1) is 11.3. The predicted octanol–water partition coefficient (Wildman–Crippen LogP) is 0.997. The topological polar surface area (TPSA) is 88.2 Å². The third-order valence-electron chi connectivity index (χ3n) is 3.96. The van der Waals surface area contributed by atoms with Crippen LogP contribution in [0.2, 0.25) is 0 Å². The summed E-state index contributed by atoms with van der Waals surface area (Å²) in [5.41, 5.74) is -0.615. The van der Waals surface area contributed by atoms with Gasteiger partial charge in [-0.25, -0.2) is 4.79 Å². The normalized spacial score (nSPS) is 20.7. The highest BCUT2D eigenvalue weighted by Gasteiger charge is 2.36. The lowest BCUT2D eigenvalue weighted by molar-refractivity contribution is -0.146. The number of ether oxygens (including phenoxy) is 2. The van der Waals surface area contributed by atoms with Crippen LogP contribution in [0.4, 0.5) is 4.79 Å². The molecule has 0 unspecified atom stereocenters. The van der Waals surface area contributed by atoms with Gasteiger partial charge in [0.15, 0.2) is 0 Å². The number of morpholine rings is 1. The number of alkyl carbamates (subject to hydrolysis) is 1. The summed E-state index contributed by atoms with van der Waals surface area (Å²) in [5, 5.41) is 2.46. The summed E-state index contributed by atoms with van der Waals surface area (Å²) in [4.78, 5) is 39.9. The van der Waals surface area contributed by atoms with Crippen molar-refractivity contribution in [2.24, 2.45) is 0 Å². The fourth-order valence-corrected chi connectivity index (χ4v) is 2.88. The van der Waals surface area contributed by atoms with Crippen molar-refractivity contribution in [2.45, 2.75) is 52.7 Å². The molecule has 3 amide bonds. The number of likely N-dealkylation sites (tertiary alicyclic amines) is 1. The predicted molar refractivity (Wildman–Crippen MR) is 93.1 cm³/mol. The molecule has 0 aromatic heterocycles. The summed E-state index contributed by atoms with van der Waals surface area (Å²) >= 11 is 0. The van der Waals surface area contributed by atoms with Crippen LogP contribution in [0.25, 0.3) is 0 Å². The molecule has 0 saturated carbocycles.